The summed E-state index contributed by atoms with van der Waals surface area (Å²) in [4.78, 5) is 0. The van der Waals surface area contributed by atoms with Crippen molar-refractivity contribution in [2.75, 3.05) is 5.75 Å². The second-order valence-electron chi connectivity index (χ2n) is 7.95. The molecule has 0 aliphatic heterocycles. The Labute approximate surface area is 169 Å². The van der Waals surface area contributed by atoms with Gasteiger partial charge in [-0.2, -0.15) is 8.42 Å². The van der Waals surface area contributed by atoms with Gasteiger partial charge in [-0.15, -0.1) is 0 Å². The van der Waals surface area contributed by atoms with Gasteiger partial charge in [0.15, 0.2) is 0 Å². The van der Waals surface area contributed by atoms with Crippen molar-refractivity contribution in [2.45, 2.75) is 51.9 Å². The zero-order chi connectivity index (χ0) is 20.0. The van der Waals surface area contributed by atoms with Crippen LogP contribution in [0, 0.1) is 5.92 Å². The van der Waals surface area contributed by atoms with E-state index < -0.39 is 10.1 Å². The molecule has 2 aromatic rings. The molecular formula is C24H30O3S. The van der Waals surface area contributed by atoms with Gasteiger partial charge in [0.2, 0.25) is 0 Å². The summed E-state index contributed by atoms with van der Waals surface area (Å²) in [5.74, 6) is -0.0970. The SMILES string of the molecule is CC(CCCCCCC=Cc1cccc2c1Cc1ccccc1-2)CS(=O)(=O)O. The minimum Gasteiger partial charge on any atom is -0.286 e. The molecule has 0 bridgehead atoms. The molecule has 0 saturated heterocycles. The van der Waals surface area contributed by atoms with Gasteiger partial charge in [-0.1, -0.05) is 80.8 Å². The first-order valence-electron chi connectivity index (χ1n) is 10.3. The summed E-state index contributed by atoms with van der Waals surface area (Å²) in [6, 6.07) is 15.2. The van der Waals surface area contributed by atoms with Gasteiger partial charge in [0.25, 0.3) is 10.1 Å². The number of allylic oxidation sites excluding steroid dienone is 1. The molecule has 1 aliphatic rings. The van der Waals surface area contributed by atoms with Crippen molar-refractivity contribution in [1.29, 1.82) is 0 Å². The molecule has 0 saturated carbocycles. The molecule has 0 amide bonds. The molecule has 0 spiro atoms. The minimum absolute atomic E-state index is 0.0270. The van der Waals surface area contributed by atoms with Gasteiger partial charge in [0.1, 0.15) is 0 Å². The van der Waals surface area contributed by atoms with E-state index in [4.69, 9.17) is 4.55 Å². The summed E-state index contributed by atoms with van der Waals surface area (Å²) in [6.07, 6.45) is 11.9. The van der Waals surface area contributed by atoms with Crippen LogP contribution in [0.15, 0.2) is 48.5 Å². The van der Waals surface area contributed by atoms with Crippen LogP contribution < -0.4 is 0 Å². The van der Waals surface area contributed by atoms with Gasteiger partial charge >= 0.3 is 0 Å². The van der Waals surface area contributed by atoms with Crippen molar-refractivity contribution in [1.82, 2.24) is 0 Å². The molecule has 1 N–H and O–H groups in total. The molecule has 3 rings (SSSR count). The van der Waals surface area contributed by atoms with Gasteiger partial charge < -0.3 is 0 Å². The fraction of sp³-hybridized carbons (Fsp3) is 0.417. The van der Waals surface area contributed by atoms with E-state index in [1.807, 2.05) is 6.92 Å². The van der Waals surface area contributed by atoms with Gasteiger partial charge in [-0.3, -0.25) is 4.55 Å². The highest BCUT2D eigenvalue weighted by molar-refractivity contribution is 7.85. The Bertz CT molecular complexity index is 929. The highest BCUT2D eigenvalue weighted by Gasteiger charge is 2.19. The van der Waals surface area contributed by atoms with Crippen molar-refractivity contribution in [3.63, 3.8) is 0 Å². The van der Waals surface area contributed by atoms with E-state index in [0.717, 1.165) is 44.9 Å². The van der Waals surface area contributed by atoms with Crippen LogP contribution in [-0.4, -0.2) is 18.7 Å². The van der Waals surface area contributed by atoms with Crippen LogP contribution in [0.2, 0.25) is 0 Å². The Morgan fingerprint density at radius 2 is 1.75 bits per heavy atom. The van der Waals surface area contributed by atoms with Gasteiger partial charge in [-0.25, -0.2) is 0 Å². The van der Waals surface area contributed by atoms with Crippen LogP contribution in [0.4, 0.5) is 0 Å². The first-order chi connectivity index (χ1) is 13.4. The van der Waals surface area contributed by atoms with Crippen LogP contribution in [-0.2, 0) is 16.5 Å². The Balaban J connectivity index is 1.40. The van der Waals surface area contributed by atoms with Crippen molar-refractivity contribution >= 4 is 16.2 Å². The van der Waals surface area contributed by atoms with Gasteiger partial charge in [-0.05, 0) is 59.4 Å². The van der Waals surface area contributed by atoms with E-state index in [2.05, 4.69) is 54.6 Å². The van der Waals surface area contributed by atoms with E-state index in [1.165, 1.54) is 27.8 Å². The summed E-state index contributed by atoms with van der Waals surface area (Å²) in [5, 5.41) is 0. The van der Waals surface area contributed by atoms with E-state index in [-0.39, 0.29) is 11.7 Å². The van der Waals surface area contributed by atoms with Crippen LogP contribution in [0.1, 0.15) is 62.1 Å². The summed E-state index contributed by atoms with van der Waals surface area (Å²) in [5.41, 5.74) is 6.93. The Morgan fingerprint density at radius 3 is 2.57 bits per heavy atom. The number of fused-ring (bicyclic) bond motifs is 3. The van der Waals surface area contributed by atoms with Crippen molar-refractivity contribution in [2.24, 2.45) is 5.92 Å². The van der Waals surface area contributed by atoms with Crippen LogP contribution in [0.25, 0.3) is 17.2 Å². The molecule has 0 heterocycles. The van der Waals surface area contributed by atoms with Crippen LogP contribution in [0.3, 0.4) is 0 Å². The number of hydrogen-bond acceptors (Lipinski definition) is 2. The largest absolute Gasteiger partial charge is 0.286 e. The lowest BCUT2D eigenvalue weighted by molar-refractivity contribution is 0.455. The molecule has 1 unspecified atom stereocenters. The zero-order valence-corrected chi connectivity index (χ0v) is 17.4. The fourth-order valence-electron chi connectivity index (χ4n) is 4.10. The van der Waals surface area contributed by atoms with Gasteiger partial charge in [0, 0.05) is 0 Å². The molecule has 1 aliphatic carbocycles. The molecule has 2 aromatic carbocycles. The summed E-state index contributed by atoms with van der Waals surface area (Å²) in [6.45, 7) is 1.88. The monoisotopic (exact) mass is 398 g/mol. The average molecular weight is 399 g/mol. The molecule has 0 fully saturated rings. The van der Waals surface area contributed by atoms with E-state index >= 15 is 0 Å². The zero-order valence-electron chi connectivity index (χ0n) is 16.6. The van der Waals surface area contributed by atoms with E-state index in [0.29, 0.717) is 0 Å². The molecule has 28 heavy (non-hydrogen) atoms. The Morgan fingerprint density at radius 1 is 1.00 bits per heavy atom. The van der Waals surface area contributed by atoms with Crippen molar-refractivity contribution in [3.05, 3.63) is 65.2 Å². The molecule has 0 aromatic heterocycles. The normalized spacial score (nSPS) is 14.2. The average Bonchev–Trinajstić information content (AvgIpc) is 3.02. The first kappa shape index (κ1) is 20.8. The maximum atomic E-state index is 10.8. The lowest BCUT2D eigenvalue weighted by Crippen LogP contribution is -2.12. The lowest BCUT2D eigenvalue weighted by Gasteiger charge is -2.08. The molecule has 4 heteroatoms. The molecule has 150 valence electrons. The number of rotatable bonds is 10. The predicted molar refractivity (Wildman–Crippen MR) is 117 cm³/mol. The number of hydrogen-bond donors (Lipinski definition) is 1. The van der Waals surface area contributed by atoms with E-state index in [1.54, 1.807) is 0 Å². The van der Waals surface area contributed by atoms with Crippen molar-refractivity contribution in [3.8, 4) is 11.1 Å². The third-order valence-corrected chi connectivity index (χ3v) is 6.49. The maximum absolute atomic E-state index is 10.8. The summed E-state index contributed by atoms with van der Waals surface area (Å²) >= 11 is 0. The van der Waals surface area contributed by atoms with Crippen LogP contribution >= 0.6 is 0 Å². The van der Waals surface area contributed by atoms with Crippen molar-refractivity contribution < 1.29 is 13.0 Å². The molecule has 0 radical (unpaired) electrons. The highest BCUT2D eigenvalue weighted by Crippen LogP contribution is 2.38. The van der Waals surface area contributed by atoms with Crippen LogP contribution in [0.5, 0.6) is 0 Å². The summed E-state index contributed by atoms with van der Waals surface area (Å²) in [7, 11) is -3.84. The third kappa shape index (κ3) is 5.79. The van der Waals surface area contributed by atoms with Gasteiger partial charge in [0.05, 0.1) is 5.75 Å². The second kappa shape index (κ2) is 9.53. The second-order valence-corrected chi connectivity index (χ2v) is 9.45. The first-order valence-corrected chi connectivity index (χ1v) is 11.9. The molecule has 3 nitrogen and oxygen atoms in total. The summed E-state index contributed by atoms with van der Waals surface area (Å²) < 4.78 is 30.6. The quantitative estimate of drug-likeness (QED) is 0.330. The third-order valence-electron chi connectivity index (χ3n) is 5.50. The topological polar surface area (TPSA) is 54.4 Å². The predicted octanol–water partition coefficient (Wildman–Crippen LogP) is 6.14. The standard InChI is InChI=1S/C24H30O3S/c1-19(18-28(25,26)27)11-6-4-2-3-5-7-12-20-14-10-16-23-22-15-9-8-13-21(22)17-24(20)23/h7-10,12-16,19H,2-6,11,17-18H2,1H3,(H,25,26,27). The smallest absolute Gasteiger partial charge is 0.265 e. The molecular weight excluding hydrogens is 368 g/mol. The Kier molecular flexibility index (Phi) is 7.08. The Hall–Kier alpha value is -1.91. The molecule has 1 atom stereocenters. The minimum atomic E-state index is -3.84. The number of benzene rings is 2. The fourth-order valence-corrected chi connectivity index (χ4v) is 4.99. The lowest BCUT2D eigenvalue weighted by atomic mass is 10.0. The maximum Gasteiger partial charge on any atom is 0.265 e. The highest BCUT2D eigenvalue weighted by atomic mass is 32.2. The van der Waals surface area contributed by atoms with E-state index in [9.17, 15) is 8.42 Å². The number of unbranched alkanes of at least 4 members (excludes halogenated alkanes) is 4.